The minimum absolute atomic E-state index is 0.221. The first kappa shape index (κ1) is 21.8. The lowest BCUT2D eigenvalue weighted by Gasteiger charge is -2.27. The van der Waals surface area contributed by atoms with Crippen molar-refractivity contribution in [3.63, 3.8) is 0 Å². The van der Waals surface area contributed by atoms with E-state index in [1.807, 2.05) is 10.8 Å². The summed E-state index contributed by atoms with van der Waals surface area (Å²) in [6, 6.07) is 8.51. The number of imidazole rings is 1. The molecule has 1 atom stereocenters. The molecule has 2 amide bonds. The standard InChI is InChI=1S/C23H24N4O4S/c1-4-30-21(28)19-16(25-22(29)26-20(19)18-6-5-11-31-18)13-32-23-24-9-10-27(23)17-8-7-14(2)12-15(17)3/h5-12,20H,4,13H2,1-3H3,(H2,25,26,29). The number of carbonyl (C=O) groups is 2. The molecule has 3 aromatic rings. The van der Waals surface area contributed by atoms with Crippen LogP contribution in [0.3, 0.4) is 0 Å². The number of rotatable bonds is 7. The average molecular weight is 453 g/mol. The van der Waals surface area contributed by atoms with Gasteiger partial charge in [-0.2, -0.15) is 0 Å². The summed E-state index contributed by atoms with van der Waals surface area (Å²) in [5.74, 6) is 0.276. The summed E-state index contributed by atoms with van der Waals surface area (Å²) in [5.41, 5.74) is 4.13. The maximum Gasteiger partial charge on any atom is 0.338 e. The molecule has 9 heteroatoms. The van der Waals surface area contributed by atoms with Crippen molar-refractivity contribution >= 4 is 23.8 Å². The van der Waals surface area contributed by atoms with E-state index in [2.05, 4.69) is 47.7 Å². The second-order valence-corrected chi connectivity index (χ2v) is 8.26. The lowest BCUT2D eigenvalue weighted by atomic mass is 10.0. The van der Waals surface area contributed by atoms with Crippen molar-refractivity contribution in [2.24, 2.45) is 0 Å². The number of amides is 2. The molecule has 1 aromatic carbocycles. The van der Waals surface area contributed by atoms with E-state index < -0.39 is 18.0 Å². The van der Waals surface area contributed by atoms with Crippen LogP contribution in [0.4, 0.5) is 4.79 Å². The second kappa shape index (κ2) is 9.35. The SMILES string of the molecule is CCOC(=O)C1=C(CSc2nccn2-c2ccc(C)cc2C)NC(=O)NC1c1ccco1. The van der Waals surface area contributed by atoms with E-state index in [9.17, 15) is 9.59 Å². The van der Waals surface area contributed by atoms with Crippen molar-refractivity contribution < 1.29 is 18.7 Å². The highest BCUT2D eigenvalue weighted by atomic mass is 32.2. The molecule has 0 aliphatic carbocycles. The molecule has 0 fully saturated rings. The van der Waals surface area contributed by atoms with Crippen LogP contribution in [0.15, 0.2) is 69.8 Å². The third-order valence-electron chi connectivity index (χ3n) is 5.04. The van der Waals surface area contributed by atoms with Crippen LogP contribution in [0.1, 0.15) is 29.9 Å². The topological polar surface area (TPSA) is 98.4 Å². The van der Waals surface area contributed by atoms with E-state index in [1.54, 1.807) is 25.3 Å². The third kappa shape index (κ3) is 4.43. The summed E-state index contributed by atoms with van der Waals surface area (Å²) in [5, 5.41) is 6.26. The number of urea groups is 1. The van der Waals surface area contributed by atoms with Gasteiger partial charge in [-0.25, -0.2) is 14.6 Å². The Morgan fingerprint density at radius 2 is 2.16 bits per heavy atom. The van der Waals surface area contributed by atoms with E-state index in [-0.39, 0.29) is 6.61 Å². The van der Waals surface area contributed by atoms with Gasteiger partial charge in [0.25, 0.3) is 0 Å². The maximum absolute atomic E-state index is 12.8. The Hall–Kier alpha value is -3.46. The quantitative estimate of drug-likeness (QED) is 0.415. The first-order chi connectivity index (χ1) is 15.5. The fourth-order valence-electron chi connectivity index (χ4n) is 3.64. The van der Waals surface area contributed by atoms with Gasteiger partial charge in [0.05, 0.1) is 24.1 Å². The molecule has 1 aliphatic heterocycles. The lowest BCUT2D eigenvalue weighted by molar-refractivity contribution is -0.139. The number of benzene rings is 1. The van der Waals surface area contributed by atoms with Gasteiger partial charge in [0.2, 0.25) is 0 Å². The number of furan rings is 1. The first-order valence-electron chi connectivity index (χ1n) is 10.2. The third-order valence-corrected chi connectivity index (χ3v) is 6.03. The van der Waals surface area contributed by atoms with Crippen LogP contribution in [0.2, 0.25) is 0 Å². The average Bonchev–Trinajstić information content (AvgIpc) is 3.44. The monoisotopic (exact) mass is 452 g/mol. The zero-order chi connectivity index (χ0) is 22.7. The summed E-state index contributed by atoms with van der Waals surface area (Å²) >= 11 is 1.42. The van der Waals surface area contributed by atoms with Gasteiger partial charge in [-0.15, -0.1) is 0 Å². The summed E-state index contributed by atoms with van der Waals surface area (Å²) in [4.78, 5) is 29.6. The van der Waals surface area contributed by atoms with Gasteiger partial charge in [-0.1, -0.05) is 29.5 Å². The molecule has 0 saturated carbocycles. The Kier molecular flexibility index (Phi) is 6.36. The fraction of sp³-hybridized carbons (Fsp3) is 0.261. The molecule has 8 nitrogen and oxygen atoms in total. The normalized spacial score (nSPS) is 16.0. The zero-order valence-corrected chi connectivity index (χ0v) is 18.9. The molecule has 4 rings (SSSR count). The molecule has 1 unspecified atom stereocenters. The van der Waals surface area contributed by atoms with Gasteiger partial charge in [0.15, 0.2) is 5.16 Å². The summed E-state index contributed by atoms with van der Waals surface area (Å²) < 4.78 is 12.7. The van der Waals surface area contributed by atoms with Crippen LogP contribution < -0.4 is 10.6 Å². The fourth-order valence-corrected chi connectivity index (χ4v) is 4.58. The van der Waals surface area contributed by atoms with Crippen molar-refractivity contribution in [1.82, 2.24) is 20.2 Å². The van der Waals surface area contributed by atoms with E-state index in [0.29, 0.717) is 22.8 Å². The van der Waals surface area contributed by atoms with Crippen LogP contribution >= 0.6 is 11.8 Å². The Bertz CT molecular complexity index is 1170. The highest BCUT2D eigenvalue weighted by Crippen LogP contribution is 2.31. The molecule has 3 heterocycles. The van der Waals surface area contributed by atoms with E-state index in [4.69, 9.17) is 9.15 Å². The van der Waals surface area contributed by atoms with Crippen molar-refractivity contribution in [3.05, 3.63) is 77.1 Å². The predicted molar refractivity (Wildman–Crippen MR) is 121 cm³/mol. The molecule has 166 valence electrons. The molecular weight excluding hydrogens is 428 g/mol. The van der Waals surface area contributed by atoms with E-state index in [1.165, 1.54) is 23.6 Å². The molecule has 1 aliphatic rings. The summed E-state index contributed by atoms with van der Waals surface area (Å²) in [7, 11) is 0. The first-order valence-corrected chi connectivity index (χ1v) is 11.2. The van der Waals surface area contributed by atoms with Crippen LogP contribution in [-0.2, 0) is 9.53 Å². The summed E-state index contributed by atoms with van der Waals surface area (Å²) in [6.07, 6.45) is 5.13. The zero-order valence-electron chi connectivity index (χ0n) is 18.0. The number of aromatic nitrogens is 2. The van der Waals surface area contributed by atoms with Gasteiger partial charge in [0.1, 0.15) is 11.8 Å². The van der Waals surface area contributed by atoms with Crippen molar-refractivity contribution in [2.75, 3.05) is 12.4 Å². The smallest absolute Gasteiger partial charge is 0.338 e. The summed E-state index contributed by atoms with van der Waals surface area (Å²) in [6.45, 7) is 6.07. The number of hydrogen-bond acceptors (Lipinski definition) is 6. The highest BCUT2D eigenvalue weighted by Gasteiger charge is 2.35. The number of aryl methyl sites for hydroxylation is 2. The molecule has 0 bridgehead atoms. The number of esters is 1. The van der Waals surface area contributed by atoms with E-state index in [0.717, 1.165) is 16.4 Å². The van der Waals surface area contributed by atoms with Gasteiger partial charge in [-0.3, -0.25) is 4.57 Å². The van der Waals surface area contributed by atoms with Crippen LogP contribution in [0.25, 0.3) is 5.69 Å². The van der Waals surface area contributed by atoms with Crippen molar-refractivity contribution in [1.29, 1.82) is 0 Å². The van der Waals surface area contributed by atoms with Gasteiger partial charge < -0.3 is 19.8 Å². The number of nitrogens with zero attached hydrogens (tertiary/aromatic N) is 2. The molecule has 0 saturated heterocycles. The Balaban J connectivity index is 1.66. The number of hydrogen-bond donors (Lipinski definition) is 2. The van der Waals surface area contributed by atoms with Gasteiger partial charge >= 0.3 is 12.0 Å². The molecular formula is C23H24N4O4S. The largest absolute Gasteiger partial charge is 0.467 e. The molecule has 2 aromatic heterocycles. The second-order valence-electron chi connectivity index (χ2n) is 7.32. The number of thioether (sulfide) groups is 1. The van der Waals surface area contributed by atoms with Crippen molar-refractivity contribution in [3.8, 4) is 5.69 Å². The molecule has 0 radical (unpaired) electrons. The van der Waals surface area contributed by atoms with Gasteiger partial charge in [0, 0.05) is 23.8 Å². The van der Waals surface area contributed by atoms with Gasteiger partial charge in [-0.05, 0) is 44.5 Å². The minimum atomic E-state index is -0.729. The number of carbonyl (C=O) groups excluding carboxylic acids is 2. The van der Waals surface area contributed by atoms with Crippen LogP contribution in [0, 0.1) is 13.8 Å². The number of nitrogens with one attached hydrogen (secondary N) is 2. The molecule has 0 spiro atoms. The minimum Gasteiger partial charge on any atom is -0.467 e. The van der Waals surface area contributed by atoms with Crippen LogP contribution in [-0.4, -0.2) is 33.9 Å². The molecule has 2 N–H and O–H groups in total. The van der Waals surface area contributed by atoms with E-state index >= 15 is 0 Å². The lowest BCUT2D eigenvalue weighted by Crippen LogP contribution is -2.46. The Morgan fingerprint density at radius 3 is 2.88 bits per heavy atom. The highest BCUT2D eigenvalue weighted by molar-refractivity contribution is 7.99. The van der Waals surface area contributed by atoms with Crippen molar-refractivity contribution in [2.45, 2.75) is 32.0 Å². The number of ether oxygens (including phenoxy) is 1. The Labute approximate surface area is 190 Å². The maximum atomic E-state index is 12.8. The predicted octanol–water partition coefficient (Wildman–Crippen LogP) is 4.05. The Morgan fingerprint density at radius 1 is 1.31 bits per heavy atom. The van der Waals surface area contributed by atoms with Crippen LogP contribution in [0.5, 0.6) is 0 Å². The molecule has 32 heavy (non-hydrogen) atoms.